The van der Waals surface area contributed by atoms with E-state index in [2.05, 4.69) is 32.7 Å². The third kappa shape index (κ3) is 3.45. The van der Waals surface area contributed by atoms with Crippen LogP contribution in [-0.4, -0.2) is 47.5 Å². The number of aromatic nitrogens is 1. The van der Waals surface area contributed by atoms with E-state index in [1.807, 2.05) is 19.1 Å². The fraction of sp³-hybridized carbons (Fsp3) is 0.600. The van der Waals surface area contributed by atoms with Gasteiger partial charge in [-0.25, -0.2) is 0 Å². The molecule has 1 unspecified atom stereocenters. The van der Waals surface area contributed by atoms with Gasteiger partial charge in [-0.3, -0.25) is 14.7 Å². The molecule has 1 aliphatic rings. The Balaban J connectivity index is 2.09. The molecule has 0 bridgehead atoms. The van der Waals surface area contributed by atoms with Crippen LogP contribution >= 0.6 is 15.9 Å². The maximum absolute atomic E-state index is 12.7. The van der Waals surface area contributed by atoms with E-state index in [-0.39, 0.29) is 5.78 Å². The third-order valence-electron chi connectivity index (χ3n) is 4.13. The third-order valence-corrected chi connectivity index (χ3v) is 4.60. The van der Waals surface area contributed by atoms with Crippen LogP contribution < -0.4 is 0 Å². The molecule has 1 atom stereocenters. The maximum atomic E-state index is 12.7. The molecule has 0 saturated carbocycles. The summed E-state index contributed by atoms with van der Waals surface area (Å²) in [6.45, 7) is 7.17. The van der Waals surface area contributed by atoms with Crippen LogP contribution in [0.2, 0.25) is 0 Å². The normalized spacial score (nSPS) is 19.6. The van der Waals surface area contributed by atoms with Crippen LogP contribution in [-0.2, 0) is 16.0 Å². The van der Waals surface area contributed by atoms with E-state index in [4.69, 9.17) is 4.74 Å². The minimum absolute atomic E-state index is 0.233. The first-order valence-corrected chi connectivity index (χ1v) is 7.82. The highest BCUT2D eigenvalue weighted by Crippen LogP contribution is 2.23. The first-order valence-electron chi connectivity index (χ1n) is 7.03. The summed E-state index contributed by atoms with van der Waals surface area (Å²) in [6.07, 6.45) is 2.93. The lowest BCUT2D eigenvalue weighted by molar-refractivity contribution is -0.133. The molecular formula is C15H21BrN2O2. The van der Waals surface area contributed by atoms with Crippen molar-refractivity contribution in [2.24, 2.45) is 0 Å². The van der Waals surface area contributed by atoms with Gasteiger partial charge in [-0.1, -0.05) is 6.92 Å². The van der Waals surface area contributed by atoms with E-state index in [1.54, 1.807) is 6.20 Å². The Hall–Kier alpha value is -0.780. The molecule has 0 amide bonds. The van der Waals surface area contributed by atoms with Crippen LogP contribution in [0.3, 0.4) is 0 Å². The Kier molecular flexibility index (Phi) is 5.29. The van der Waals surface area contributed by atoms with Gasteiger partial charge in [0.25, 0.3) is 0 Å². The molecule has 0 N–H and O–H groups in total. The van der Waals surface area contributed by atoms with Crippen LogP contribution in [0.1, 0.15) is 26.0 Å². The van der Waals surface area contributed by atoms with Crippen molar-refractivity contribution in [2.75, 3.05) is 26.3 Å². The summed E-state index contributed by atoms with van der Waals surface area (Å²) < 4.78 is 6.31. The number of carbonyl (C=O) groups is 1. The Morgan fingerprint density at radius 3 is 2.70 bits per heavy atom. The first kappa shape index (κ1) is 15.6. The molecule has 2 heterocycles. The van der Waals surface area contributed by atoms with Gasteiger partial charge in [0.15, 0.2) is 5.78 Å². The zero-order valence-electron chi connectivity index (χ0n) is 12.1. The molecule has 2 rings (SSSR count). The van der Waals surface area contributed by atoms with Crippen LogP contribution in [0.5, 0.6) is 0 Å². The van der Waals surface area contributed by atoms with Gasteiger partial charge in [-0.2, -0.15) is 0 Å². The largest absolute Gasteiger partial charge is 0.379 e. The topological polar surface area (TPSA) is 42.4 Å². The highest BCUT2D eigenvalue weighted by molar-refractivity contribution is 9.10. The summed E-state index contributed by atoms with van der Waals surface area (Å²) >= 11 is 3.36. The van der Waals surface area contributed by atoms with Crippen molar-refractivity contribution in [3.63, 3.8) is 0 Å². The minimum Gasteiger partial charge on any atom is -0.379 e. The Bertz CT molecular complexity index is 457. The number of Topliss-reactive ketones (excluding diaryl/α,β-unsaturated/α-hetero) is 1. The van der Waals surface area contributed by atoms with Gasteiger partial charge in [0.05, 0.1) is 25.2 Å². The lowest BCUT2D eigenvalue weighted by Gasteiger charge is -2.41. The molecule has 0 aliphatic carbocycles. The number of morpholine rings is 1. The van der Waals surface area contributed by atoms with Gasteiger partial charge in [0, 0.05) is 29.5 Å². The zero-order valence-corrected chi connectivity index (χ0v) is 13.6. The van der Waals surface area contributed by atoms with Crippen molar-refractivity contribution < 1.29 is 9.53 Å². The van der Waals surface area contributed by atoms with Crippen molar-refractivity contribution in [2.45, 2.75) is 32.2 Å². The quantitative estimate of drug-likeness (QED) is 0.825. The van der Waals surface area contributed by atoms with Gasteiger partial charge in [-0.05, 0) is 41.4 Å². The average molecular weight is 341 g/mol. The van der Waals surface area contributed by atoms with Crippen LogP contribution in [0, 0.1) is 0 Å². The number of hydrogen-bond donors (Lipinski definition) is 0. The number of halogens is 1. The molecule has 1 aliphatic heterocycles. The van der Waals surface area contributed by atoms with Crippen molar-refractivity contribution >= 4 is 21.7 Å². The van der Waals surface area contributed by atoms with Crippen molar-refractivity contribution in [3.8, 4) is 0 Å². The standard InChI is InChI=1S/C15H21BrN2O2/c1-3-15(2,18-6-8-20-9-7-18)14(19)10-13-5-4-12(16)11-17-13/h4-5,11H,3,6-10H2,1-2H3. The second-order valence-electron chi connectivity index (χ2n) is 5.29. The lowest BCUT2D eigenvalue weighted by Crippen LogP contribution is -2.56. The van der Waals surface area contributed by atoms with Crippen LogP contribution in [0.15, 0.2) is 22.8 Å². The molecule has 0 spiro atoms. The van der Waals surface area contributed by atoms with Gasteiger partial charge >= 0.3 is 0 Å². The summed E-state index contributed by atoms with van der Waals surface area (Å²) in [5, 5.41) is 0. The predicted molar refractivity (Wildman–Crippen MR) is 81.7 cm³/mol. The van der Waals surface area contributed by atoms with E-state index in [9.17, 15) is 4.79 Å². The highest BCUT2D eigenvalue weighted by Gasteiger charge is 2.37. The molecule has 20 heavy (non-hydrogen) atoms. The van der Waals surface area contributed by atoms with Gasteiger partial charge in [0.2, 0.25) is 0 Å². The van der Waals surface area contributed by atoms with Crippen molar-refractivity contribution in [3.05, 3.63) is 28.5 Å². The lowest BCUT2D eigenvalue weighted by atomic mass is 9.88. The number of hydrogen-bond acceptors (Lipinski definition) is 4. The molecule has 110 valence electrons. The number of ketones is 1. The second kappa shape index (κ2) is 6.78. The number of ether oxygens (including phenoxy) is 1. The number of rotatable bonds is 5. The molecule has 1 aromatic rings. The van der Waals surface area contributed by atoms with Crippen LogP contribution in [0.25, 0.3) is 0 Å². The molecule has 0 aromatic carbocycles. The summed E-state index contributed by atoms with van der Waals surface area (Å²) in [5.74, 6) is 0.233. The fourth-order valence-electron chi connectivity index (χ4n) is 2.52. The zero-order chi connectivity index (χ0) is 14.6. The molecule has 1 saturated heterocycles. The number of nitrogens with zero attached hydrogens (tertiary/aromatic N) is 2. The molecular weight excluding hydrogens is 320 g/mol. The minimum atomic E-state index is -0.418. The van der Waals surface area contributed by atoms with Crippen molar-refractivity contribution in [1.82, 2.24) is 9.88 Å². The molecule has 1 aromatic heterocycles. The average Bonchev–Trinajstić information content (AvgIpc) is 2.49. The number of carbonyl (C=O) groups excluding carboxylic acids is 1. The summed E-state index contributed by atoms with van der Waals surface area (Å²) in [4.78, 5) is 19.3. The molecule has 4 nitrogen and oxygen atoms in total. The maximum Gasteiger partial charge on any atom is 0.158 e. The van der Waals surface area contributed by atoms with Gasteiger partial charge < -0.3 is 4.74 Å². The first-order chi connectivity index (χ1) is 9.56. The van der Waals surface area contributed by atoms with Crippen molar-refractivity contribution in [1.29, 1.82) is 0 Å². The second-order valence-corrected chi connectivity index (χ2v) is 6.21. The van der Waals surface area contributed by atoms with E-state index in [0.29, 0.717) is 19.6 Å². The van der Waals surface area contributed by atoms with E-state index >= 15 is 0 Å². The van der Waals surface area contributed by atoms with E-state index in [1.165, 1.54) is 0 Å². The summed E-state index contributed by atoms with van der Waals surface area (Å²) in [6, 6.07) is 3.82. The molecule has 5 heteroatoms. The fourth-order valence-corrected chi connectivity index (χ4v) is 2.75. The Labute approximate surface area is 128 Å². The van der Waals surface area contributed by atoms with Gasteiger partial charge in [-0.15, -0.1) is 0 Å². The van der Waals surface area contributed by atoms with Crippen LogP contribution in [0.4, 0.5) is 0 Å². The number of pyridine rings is 1. The Morgan fingerprint density at radius 2 is 2.15 bits per heavy atom. The van der Waals surface area contributed by atoms with Gasteiger partial charge in [0.1, 0.15) is 0 Å². The molecule has 1 fully saturated rings. The Morgan fingerprint density at radius 1 is 1.45 bits per heavy atom. The SMILES string of the molecule is CCC(C)(C(=O)Cc1ccc(Br)cn1)N1CCOCC1. The summed E-state index contributed by atoms with van der Waals surface area (Å²) in [7, 11) is 0. The van der Waals surface area contributed by atoms with E-state index in [0.717, 1.165) is 29.7 Å². The smallest absolute Gasteiger partial charge is 0.158 e. The highest BCUT2D eigenvalue weighted by atomic mass is 79.9. The van der Waals surface area contributed by atoms with E-state index < -0.39 is 5.54 Å². The predicted octanol–water partition coefficient (Wildman–Crippen LogP) is 2.46. The summed E-state index contributed by atoms with van der Waals surface area (Å²) in [5.41, 5.74) is 0.407. The molecule has 0 radical (unpaired) electrons. The monoisotopic (exact) mass is 340 g/mol.